The van der Waals surface area contributed by atoms with E-state index in [4.69, 9.17) is 4.74 Å². The number of rotatable bonds is 5. The maximum absolute atomic E-state index is 10.9. The molecule has 0 aliphatic rings. The highest BCUT2D eigenvalue weighted by molar-refractivity contribution is 9.10. The molecule has 0 atom stereocenters. The molecule has 0 saturated carbocycles. The van der Waals surface area contributed by atoms with Crippen LogP contribution >= 0.6 is 15.9 Å². The molecule has 0 aliphatic heterocycles. The molecule has 0 spiro atoms. The van der Waals surface area contributed by atoms with Crippen LogP contribution in [0.15, 0.2) is 46.9 Å². The number of nitrogens with one attached hydrogen (secondary N) is 1. The quantitative estimate of drug-likeness (QED) is 0.662. The van der Waals surface area contributed by atoms with Gasteiger partial charge in [-0.3, -0.25) is 10.1 Å². The van der Waals surface area contributed by atoms with E-state index in [2.05, 4.69) is 21.2 Å². The normalized spacial score (nSPS) is 10.1. The van der Waals surface area contributed by atoms with Crippen LogP contribution in [0.5, 0.6) is 5.75 Å². The standard InChI is InChI=1S/C14H13BrN2O3/c1-16-12-6-13(17(18)19)8-14(7-12)20-9-10-2-4-11(15)5-3-10/h2-8,16H,9H2,1H3. The first-order valence-electron chi connectivity index (χ1n) is 5.93. The van der Waals surface area contributed by atoms with Gasteiger partial charge in [0.15, 0.2) is 0 Å². The molecule has 0 aromatic heterocycles. The van der Waals surface area contributed by atoms with Gasteiger partial charge in [0, 0.05) is 29.3 Å². The molecule has 6 heteroatoms. The van der Waals surface area contributed by atoms with E-state index in [9.17, 15) is 10.1 Å². The molecule has 0 bridgehead atoms. The van der Waals surface area contributed by atoms with Crippen molar-refractivity contribution in [3.63, 3.8) is 0 Å². The Balaban J connectivity index is 2.14. The number of anilines is 1. The highest BCUT2D eigenvalue weighted by Crippen LogP contribution is 2.26. The Hall–Kier alpha value is -2.08. The molecule has 2 aromatic rings. The Morgan fingerprint density at radius 1 is 1.25 bits per heavy atom. The minimum absolute atomic E-state index is 0.00246. The van der Waals surface area contributed by atoms with Crippen LogP contribution < -0.4 is 10.1 Å². The van der Waals surface area contributed by atoms with Gasteiger partial charge >= 0.3 is 0 Å². The second-order valence-electron chi connectivity index (χ2n) is 4.14. The summed E-state index contributed by atoms with van der Waals surface area (Å²) in [6.45, 7) is 0.359. The van der Waals surface area contributed by atoms with Crippen molar-refractivity contribution in [2.45, 2.75) is 6.61 Å². The zero-order valence-corrected chi connectivity index (χ0v) is 12.4. The van der Waals surface area contributed by atoms with Crippen LogP contribution in [0, 0.1) is 10.1 Å². The fourth-order valence-corrected chi connectivity index (χ4v) is 1.93. The first-order chi connectivity index (χ1) is 9.58. The lowest BCUT2D eigenvalue weighted by molar-refractivity contribution is -0.384. The molecule has 104 valence electrons. The number of nitrogens with zero attached hydrogens (tertiary/aromatic N) is 1. The number of benzene rings is 2. The van der Waals surface area contributed by atoms with Crippen molar-refractivity contribution in [1.82, 2.24) is 0 Å². The van der Waals surface area contributed by atoms with E-state index in [1.807, 2.05) is 24.3 Å². The summed E-state index contributed by atoms with van der Waals surface area (Å²) >= 11 is 3.36. The predicted octanol–water partition coefficient (Wildman–Crippen LogP) is 3.98. The van der Waals surface area contributed by atoms with E-state index < -0.39 is 4.92 Å². The third-order valence-corrected chi connectivity index (χ3v) is 3.24. The van der Waals surface area contributed by atoms with Crippen LogP contribution in [0.1, 0.15) is 5.56 Å². The maximum Gasteiger partial charge on any atom is 0.275 e. The molecule has 2 rings (SSSR count). The average Bonchev–Trinajstić information content (AvgIpc) is 2.46. The summed E-state index contributed by atoms with van der Waals surface area (Å²) < 4.78 is 6.60. The minimum atomic E-state index is -0.437. The SMILES string of the molecule is CNc1cc(OCc2ccc(Br)cc2)cc([N+](=O)[O-])c1. The molecule has 0 amide bonds. The Morgan fingerprint density at radius 3 is 2.55 bits per heavy atom. The molecule has 0 heterocycles. The van der Waals surface area contributed by atoms with Crippen molar-refractivity contribution >= 4 is 27.3 Å². The fraction of sp³-hybridized carbons (Fsp3) is 0.143. The van der Waals surface area contributed by atoms with Gasteiger partial charge in [0.25, 0.3) is 5.69 Å². The number of hydrogen-bond acceptors (Lipinski definition) is 4. The summed E-state index contributed by atoms with van der Waals surface area (Å²) in [6.07, 6.45) is 0. The van der Waals surface area contributed by atoms with Crippen LogP contribution in [0.4, 0.5) is 11.4 Å². The first-order valence-corrected chi connectivity index (χ1v) is 6.72. The summed E-state index contributed by atoms with van der Waals surface area (Å²) in [4.78, 5) is 10.4. The van der Waals surface area contributed by atoms with Gasteiger partial charge < -0.3 is 10.1 Å². The number of hydrogen-bond donors (Lipinski definition) is 1. The lowest BCUT2D eigenvalue weighted by Crippen LogP contribution is -1.98. The molecule has 0 radical (unpaired) electrons. The van der Waals surface area contributed by atoms with E-state index in [1.54, 1.807) is 13.1 Å². The molecule has 0 unspecified atom stereocenters. The number of nitro groups is 1. The van der Waals surface area contributed by atoms with Crippen molar-refractivity contribution in [1.29, 1.82) is 0 Å². The fourth-order valence-electron chi connectivity index (χ4n) is 1.66. The van der Waals surface area contributed by atoms with Gasteiger partial charge in [0.05, 0.1) is 11.0 Å². The molecule has 1 N–H and O–H groups in total. The number of halogens is 1. The van der Waals surface area contributed by atoms with Gasteiger partial charge in [-0.25, -0.2) is 0 Å². The minimum Gasteiger partial charge on any atom is -0.489 e. The first kappa shape index (κ1) is 14.3. The van der Waals surface area contributed by atoms with Crippen molar-refractivity contribution in [3.05, 3.63) is 62.6 Å². The van der Waals surface area contributed by atoms with Crippen LogP contribution in [0.25, 0.3) is 0 Å². The van der Waals surface area contributed by atoms with E-state index >= 15 is 0 Å². The summed E-state index contributed by atoms with van der Waals surface area (Å²) in [5, 5.41) is 13.7. The number of non-ortho nitro benzene ring substituents is 1. The van der Waals surface area contributed by atoms with E-state index in [-0.39, 0.29) is 5.69 Å². The predicted molar refractivity (Wildman–Crippen MR) is 81.1 cm³/mol. The summed E-state index contributed by atoms with van der Waals surface area (Å²) in [7, 11) is 1.71. The van der Waals surface area contributed by atoms with Gasteiger partial charge in [0.1, 0.15) is 12.4 Å². The Kier molecular flexibility index (Phi) is 4.57. The van der Waals surface area contributed by atoms with Crippen LogP contribution in [-0.2, 0) is 6.61 Å². The molecule has 20 heavy (non-hydrogen) atoms. The van der Waals surface area contributed by atoms with Crippen LogP contribution in [0.3, 0.4) is 0 Å². The van der Waals surface area contributed by atoms with Crippen molar-refractivity contribution < 1.29 is 9.66 Å². The smallest absolute Gasteiger partial charge is 0.275 e. The summed E-state index contributed by atoms with van der Waals surface area (Å²) in [5.41, 5.74) is 1.64. The monoisotopic (exact) mass is 336 g/mol. The Morgan fingerprint density at radius 2 is 1.95 bits per heavy atom. The summed E-state index contributed by atoms with van der Waals surface area (Å²) in [6, 6.07) is 12.3. The third-order valence-electron chi connectivity index (χ3n) is 2.71. The lowest BCUT2D eigenvalue weighted by Gasteiger charge is -2.08. The second-order valence-corrected chi connectivity index (χ2v) is 5.05. The van der Waals surface area contributed by atoms with Gasteiger partial charge in [-0.05, 0) is 17.7 Å². The second kappa shape index (κ2) is 6.38. The van der Waals surface area contributed by atoms with Gasteiger partial charge in [0.2, 0.25) is 0 Å². The van der Waals surface area contributed by atoms with Crippen molar-refractivity contribution in [2.24, 2.45) is 0 Å². The highest BCUT2D eigenvalue weighted by Gasteiger charge is 2.10. The average molecular weight is 337 g/mol. The molecule has 0 aliphatic carbocycles. The molecular weight excluding hydrogens is 324 g/mol. The Bertz CT molecular complexity index is 614. The van der Waals surface area contributed by atoms with E-state index in [1.165, 1.54) is 12.1 Å². The van der Waals surface area contributed by atoms with Crippen LogP contribution in [0.2, 0.25) is 0 Å². The topological polar surface area (TPSA) is 64.4 Å². The molecule has 0 fully saturated rings. The number of ether oxygens (including phenoxy) is 1. The molecule has 5 nitrogen and oxygen atoms in total. The van der Waals surface area contributed by atoms with Crippen LogP contribution in [-0.4, -0.2) is 12.0 Å². The van der Waals surface area contributed by atoms with Crippen molar-refractivity contribution in [2.75, 3.05) is 12.4 Å². The molecular formula is C14H13BrN2O3. The zero-order chi connectivity index (χ0) is 14.5. The Labute approximate surface area is 124 Å². The van der Waals surface area contributed by atoms with Gasteiger partial charge in [-0.15, -0.1) is 0 Å². The molecule has 2 aromatic carbocycles. The third kappa shape index (κ3) is 3.71. The van der Waals surface area contributed by atoms with Gasteiger partial charge in [-0.2, -0.15) is 0 Å². The highest BCUT2D eigenvalue weighted by atomic mass is 79.9. The van der Waals surface area contributed by atoms with E-state index in [0.29, 0.717) is 18.0 Å². The summed E-state index contributed by atoms with van der Waals surface area (Å²) in [5.74, 6) is 0.464. The number of nitro benzene ring substituents is 1. The van der Waals surface area contributed by atoms with E-state index in [0.717, 1.165) is 10.0 Å². The van der Waals surface area contributed by atoms with Gasteiger partial charge in [-0.1, -0.05) is 28.1 Å². The molecule has 0 saturated heterocycles. The largest absolute Gasteiger partial charge is 0.489 e. The lowest BCUT2D eigenvalue weighted by atomic mass is 10.2. The maximum atomic E-state index is 10.9. The van der Waals surface area contributed by atoms with Crippen molar-refractivity contribution in [3.8, 4) is 5.75 Å². The zero-order valence-electron chi connectivity index (χ0n) is 10.8.